The molecule has 0 amide bonds. The van der Waals surface area contributed by atoms with E-state index in [4.69, 9.17) is 0 Å². The smallest absolute Gasteiger partial charge is 0.275 e. The standard InChI is InChI=1S/C11H10F2N2O2/c12-9-6-8(15(16)17)7-10(13)11(9)14-4-2-1-3-5-14/h2,4,6-7H,1,3,5H2. The van der Waals surface area contributed by atoms with Crippen LogP contribution in [-0.2, 0) is 0 Å². The molecule has 0 radical (unpaired) electrons. The third-order valence-corrected chi connectivity index (χ3v) is 2.55. The van der Waals surface area contributed by atoms with E-state index in [1.54, 1.807) is 6.20 Å². The minimum Gasteiger partial charge on any atom is -0.344 e. The molecule has 0 atom stereocenters. The molecule has 17 heavy (non-hydrogen) atoms. The maximum absolute atomic E-state index is 13.6. The van der Waals surface area contributed by atoms with E-state index in [2.05, 4.69) is 0 Å². The number of hydrogen-bond donors (Lipinski definition) is 0. The first-order chi connectivity index (χ1) is 8.09. The van der Waals surface area contributed by atoms with Gasteiger partial charge in [-0.05, 0) is 12.8 Å². The van der Waals surface area contributed by atoms with Crippen LogP contribution in [0.15, 0.2) is 24.4 Å². The zero-order valence-electron chi connectivity index (χ0n) is 8.90. The van der Waals surface area contributed by atoms with Gasteiger partial charge in [0.1, 0.15) is 5.69 Å². The number of benzene rings is 1. The molecule has 0 bridgehead atoms. The summed E-state index contributed by atoms with van der Waals surface area (Å²) in [5.41, 5.74) is -0.809. The van der Waals surface area contributed by atoms with Crippen LogP contribution in [0.4, 0.5) is 20.2 Å². The van der Waals surface area contributed by atoms with Crippen LogP contribution in [-0.4, -0.2) is 11.5 Å². The Morgan fingerprint density at radius 3 is 2.41 bits per heavy atom. The summed E-state index contributed by atoms with van der Waals surface area (Å²) in [6.45, 7) is 0.502. The molecule has 90 valence electrons. The van der Waals surface area contributed by atoms with Crippen LogP contribution in [0.2, 0.25) is 0 Å². The van der Waals surface area contributed by atoms with E-state index in [0.717, 1.165) is 25.0 Å². The van der Waals surface area contributed by atoms with Gasteiger partial charge in [-0.3, -0.25) is 10.1 Å². The van der Waals surface area contributed by atoms with Crippen molar-refractivity contribution in [2.45, 2.75) is 12.8 Å². The maximum atomic E-state index is 13.6. The van der Waals surface area contributed by atoms with Gasteiger partial charge in [-0.15, -0.1) is 0 Å². The van der Waals surface area contributed by atoms with Crippen molar-refractivity contribution in [3.63, 3.8) is 0 Å². The molecular weight excluding hydrogens is 230 g/mol. The summed E-state index contributed by atoms with van der Waals surface area (Å²) in [4.78, 5) is 11.0. The van der Waals surface area contributed by atoms with Crippen molar-refractivity contribution < 1.29 is 13.7 Å². The van der Waals surface area contributed by atoms with Gasteiger partial charge in [-0.1, -0.05) is 6.08 Å². The van der Waals surface area contributed by atoms with Gasteiger partial charge in [-0.2, -0.15) is 0 Å². The molecule has 1 aliphatic heterocycles. The number of hydrogen-bond acceptors (Lipinski definition) is 3. The topological polar surface area (TPSA) is 46.4 Å². The number of nitro groups is 1. The quantitative estimate of drug-likeness (QED) is 0.589. The molecule has 2 rings (SSSR count). The third kappa shape index (κ3) is 2.25. The Balaban J connectivity index is 2.44. The normalized spacial score (nSPS) is 15.1. The highest BCUT2D eigenvalue weighted by molar-refractivity contribution is 5.56. The molecule has 4 nitrogen and oxygen atoms in total. The SMILES string of the molecule is O=[N+]([O-])c1cc(F)c(N2C=CCCC2)c(F)c1. The summed E-state index contributed by atoms with van der Waals surface area (Å²) in [6, 6.07) is 1.47. The van der Waals surface area contributed by atoms with Crippen molar-refractivity contribution in [2.75, 3.05) is 11.4 Å². The number of rotatable bonds is 2. The Bertz CT molecular complexity index is 465. The highest BCUT2D eigenvalue weighted by Gasteiger charge is 2.21. The van der Waals surface area contributed by atoms with Crippen LogP contribution < -0.4 is 4.90 Å². The van der Waals surface area contributed by atoms with E-state index < -0.39 is 22.2 Å². The Labute approximate surface area is 96.3 Å². The lowest BCUT2D eigenvalue weighted by Crippen LogP contribution is -2.22. The fourth-order valence-corrected chi connectivity index (χ4v) is 1.77. The highest BCUT2D eigenvalue weighted by atomic mass is 19.1. The zero-order valence-corrected chi connectivity index (χ0v) is 8.90. The second-order valence-corrected chi connectivity index (χ2v) is 3.74. The van der Waals surface area contributed by atoms with Crippen LogP contribution in [0, 0.1) is 21.7 Å². The molecule has 1 aromatic rings. The largest absolute Gasteiger partial charge is 0.344 e. The lowest BCUT2D eigenvalue weighted by Gasteiger charge is -2.24. The molecule has 1 aromatic carbocycles. The summed E-state index contributed by atoms with van der Waals surface area (Å²) in [5.74, 6) is -1.83. The Morgan fingerprint density at radius 1 is 1.29 bits per heavy atom. The zero-order chi connectivity index (χ0) is 12.4. The number of nitro benzene ring substituents is 1. The van der Waals surface area contributed by atoms with E-state index in [1.807, 2.05) is 6.08 Å². The highest BCUT2D eigenvalue weighted by Crippen LogP contribution is 2.29. The summed E-state index contributed by atoms with van der Waals surface area (Å²) >= 11 is 0. The van der Waals surface area contributed by atoms with Gasteiger partial charge in [0, 0.05) is 12.7 Å². The number of allylic oxidation sites excluding steroid dienone is 1. The number of non-ortho nitro benzene ring substituents is 1. The summed E-state index contributed by atoms with van der Waals surface area (Å²) in [6.07, 6.45) is 5.07. The second-order valence-electron chi connectivity index (χ2n) is 3.74. The molecule has 0 spiro atoms. The molecule has 0 N–H and O–H groups in total. The van der Waals surface area contributed by atoms with Crippen LogP contribution in [0.1, 0.15) is 12.8 Å². The van der Waals surface area contributed by atoms with Crippen molar-refractivity contribution in [1.82, 2.24) is 0 Å². The molecule has 1 heterocycles. The number of halogens is 2. The number of anilines is 1. The van der Waals surface area contributed by atoms with Crippen molar-refractivity contribution in [2.24, 2.45) is 0 Å². The van der Waals surface area contributed by atoms with E-state index in [1.165, 1.54) is 4.90 Å². The van der Waals surface area contributed by atoms with Gasteiger partial charge in [0.2, 0.25) is 0 Å². The summed E-state index contributed by atoms with van der Waals surface area (Å²) in [7, 11) is 0. The Hall–Kier alpha value is -1.98. The monoisotopic (exact) mass is 240 g/mol. The second kappa shape index (κ2) is 4.48. The predicted octanol–water partition coefficient (Wildman–Crippen LogP) is 2.99. The molecule has 0 aromatic heterocycles. The van der Waals surface area contributed by atoms with E-state index >= 15 is 0 Å². The molecule has 0 fully saturated rings. The maximum Gasteiger partial charge on any atom is 0.275 e. The van der Waals surface area contributed by atoms with Gasteiger partial charge in [-0.25, -0.2) is 8.78 Å². The van der Waals surface area contributed by atoms with Gasteiger partial charge in [0.05, 0.1) is 17.1 Å². The fourth-order valence-electron chi connectivity index (χ4n) is 1.77. The van der Waals surface area contributed by atoms with Gasteiger partial charge < -0.3 is 4.90 Å². The van der Waals surface area contributed by atoms with E-state index in [-0.39, 0.29) is 5.69 Å². The Morgan fingerprint density at radius 2 is 1.94 bits per heavy atom. The molecule has 6 heteroatoms. The first-order valence-corrected chi connectivity index (χ1v) is 5.16. The van der Waals surface area contributed by atoms with Gasteiger partial charge in [0.25, 0.3) is 5.69 Å². The summed E-state index contributed by atoms with van der Waals surface area (Å²) in [5, 5.41) is 10.4. The molecule has 0 saturated heterocycles. The van der Waals surface area contributed by atoms with Crippen LogP contribution in [0.5, 0.6) is 0 Å². The molecule has 0 saturated carbocycles. The van der Waals surface area contributed by atoms with E-state index in [0.29, 0.717) is 6.54 Å². The number of nitrogens with zero attached hydrogens (tertiary/aromatic N) is 2. The molecule has 1 aliphatic rings. The first kappa shape index (κ1) is 11.5. The molecule has 0 aliphatic carbocycles. The van der Waals surface area contributed by atoms with Crippen molar-refractivity contribution in [3.8, 4) is 0 Å². The fraction of sp³-hybridized carbons (Fsp3) is 0.273. The lowest BCUT2D eigenvalue weighted by molar-refractivity contribution is -0.385. The van der Waals surface area contributed by atoms with Crippen LogP contribution in [0.25, 0.3) is 0 Å². The summed E-state index contributed by atoms with van der Waals surface area (Å²) < 4.78 is 27.3. The minimum atomic E-state index is -0.914. The van der Waals surface area contributed by atoms with Gasteiger partial charge >= 0.3 is 0 Å². The van der Waals surface area contributed by atoms with Crippen molar-refractivity contribution >= 4 is 11.4 Å². The Kier molecular flexibility index (Phi) is 3.03. The van der Waals surface area contributed by atoms with Crippen molar-refractivity contribution in [1.29, 1.82) is 0 Å². The van der Waals surface area contributed by atoms with Crippen LogP contribution >= 0.6 is 0 Å². The molecule has 0 unspecified atom stereocenters. The van der Waals surface area contributed by atoms with E-state index in [9.17, 15) is 18.9 Å². The lowest BCUT2D eigenvalue weighted by atomic mass is 10.2. The minimum absolute atomic E-state index is 0.230. The first-order valence-electron chi connectivity index (χ1n) is 5.16. The average molecular weight is 240 g/mol. The molecular formula is C11H10F2N2O2. The third-order valence-electron chi connectivity index (χ3n) is 2.55. The van der Waals surface area contributed by atoms with Crippen LogP contribution in [0.3, 0.4) is 0 Å². The van der Waals surface area contributed by atoms with Crippen molar-refractivity contribution in [3.05, 3.63) is 46.2 Å². The van der Waals surface area contributed by atoms with Gasteiger partial charge in [0.15, 0.2) is 11.6 Å². The average Bonchev–Trinajstić information content (AvgIpc) is 2.29. The predicted molar refractivity (Wildman–Crippen MR) is 58.7 cm³/mol.